The van der Waals surface area contributed by atoms with E-state index in [1.807, 2.05) is 0 Å². The topological polar surface area (TPSA) is 54.0 Å². The molecule has 0 aliphatic heterocycles. The smallest absolute Gasteiger partial charge is 0.338 e. The van der Waals surface area contributed by atoms with Crippen molar-refractivity contribution < 1.29 is 23.7 Å². The van der Waals surface area contributed by atoms with E-state index < -0.39 is 5.97 Å². The van der Waals surface area contributed by atoms with Crippen LogP contribution in [0.25, 0.3) is 0 Å². The van der Waals surface area contributed by atoms with Crippen molar-refractivity contribution in [3.63, 3.8) is 0 Å². The van der Waals surface area contributed by atoms with Gasteiger partial charge in [-0.15, -0.1) is 0 Å². The highest BCUT2D eigenvalue weighted by molar-refractivity contribution is 5.91. The molecule has 1 rings (SSSR count). The van der Waals surface area contributed by atoms with Gasteiger partial charge in [-0.05, 0) is 29.9 Å². The maximum Gasteiger partial charge on any atom is 0.338 e. The number of benzene rings is 1. The Bertz CT molecular complexity index is 516. The molecule has 0 heterocycles. The van der Waals surface area contributed by atoms with Crippen LogP contribution in [-0.4, -0.2) is 32.9 Å². The molecule has 0 aliphatic rings. The summed E-state index contributed by atoms with van der Waals surface area (Å²) < 4.78 is 22.6. The average Bonchev–Trinajstić information content (AvgIpc) is 2.55. The van der Waals surface area contributed by atoms with Crippen LogP contribution in [0, 0.1) is 17.8 Å². The Morgan fingerprint density at radius 3 is 1.56 bits per heavy atom. The van der Waals surface area contributed by atoms with Crippen molar-refractivity contribution in [2.45, 2.75) is 41.5 Å². The SMILES string of the molecule is COC(=O)c1cc(OCC(C)C)c(OCC(C)C)c(OCC(C)C)c1. The quantitative estimate of drug-likeness (QED) is 0.577. The number of rotatable bonds is 10. The minimum Gasteiger partial charge on any atom is -0.489 e. The molecule has 0 unspecified atom stereocenters. The number of carbonyl (C=O) groups is 1. The first kappa shape index (κ1) is 21.1. The van der Waals surface area contributed by atoms with E-state index in [4.69, 9.17) is 18.9 Å². The Hall–Kier alpha value is -1.91. The molecule has 1 aromatic carbocycles. The molecule has 142 valence electrons. The van der Waals surface area contributed by atoms with E-state index in [1.165, 1.54) is 7.11 Å². The molecule has 1 aromatic rings. The number of ether oxygens (including phenoxy) is 4. The van der Waals surface area contributed by atoms with E-state index in [2.05, 4.69) is 41.5 Å². The molecule has 0 radical (unpaired) electrons. The third kappa shape index (κ3) is 7.24. The zero-order valence-corrected chi connectivity index (χ0v) is 16.5. The Balaban J connectivity index is 3.28. The zero-order valence-electron chi connectivity index (χ0n) is 16.5. The highest BCUT2D eigenvalue weighted by atomic mass is 16.5. The van der Waals surface area contributed by atoms with Crippen molar-refractivity contribution in [1.82, 2.24) is 0 Å². The second-order valence-electron chi connectivity index (χ2n) is 7.41. The van der Waals surface area contributed by atoms with Gasteiger partial charge in [0, 0.05) is 0 Å². The zero-order chi connectivity index (χ0) is 19.0. The van der Waals surface area contributed by atoms with Crippen molar-refractivity contribution in [1.29, 1.82) is 0 Å². The van der Waals surface area contributed by atoms with Gasteiger partial charge >= 0.3 is 5.97 Å². The Morgan fingerprint density at radius 2 is 1.20 bits per heavy atom. The lowest BCUT2D eigenvalue weighted by atomic mass is 10.1. The van der Waals surface area contributed by atoms with Crippen LogP contribution in [0.15, 0.2) is 12.1 Å². The standard InChI is InChI=1S/C20H32O5/c1-13(2)10-23-17-8-16(20(21)22-7)9-18(24-11-14(3)4)19(17)25-12-15(5)6/h8-9,13-15H,10-12H2,1-7H3. The summed E-state index contributed by atoms with van der Waals surface area (Å²) in [6, 6.07) is 3.32. The average molecular weight is 352 g/mol. The fourth-order valence-electron chi connectivity index (χ4n) is 1.93. The molecule has 0 saturated carbocycles. The lowest BCUT2D eigenvalue weighted by Gasteiger charge is -2.20. The molecule has 0 fully saturated rings. The van der Waals surface area contributed by atoms with Crippen LogP contribution in [0.5, 0.6) is 17.2 Å². The molecule has 25 heavy (non-hydrogen) atoms. The van der Waals surface area contributed by atoms with E-state index >= 15 is 0 Å². The van der Waals surface area contributed by atoms with E-state index in [0.717, 1.165) is 0 Å². The van der Waals surface area contributed by atoms with Crippen molar-refractivity contribution >= 4 is 5.97 Å². The lowest BCUT2D eigenvalue weighted by molar-refractivity contribution is 0.0599. The van der Waals surface area contributed by atoms with Crippen molar-refractivity contribution in [2.75, 3.05) is 26.9 Å². The normalized spacial score (nSPS) is 11.1. The molecule has 5 nitrogen and oxygen atoms in total. The summed E-state index contributed by atoms with van der Waals surface area (Å²) in [7, 11) is 1.36. The number of hydrogen-bond donors (Lipinski definition) is 0. The highest BCUT2D eigenvalue weighted by Gasteiger charge is 2.20. The van der Waals surface area contributed by atoms with Crippen LogP contribution in [-0.2, 0) is 4.74 Å². The molecule has 5 heteroatoms. The van der Waals surface area contributed by atoms with Crippen molar-refractivity contribution in [2.24, 2.45) is 17.8 Å². The van der Waals surface area contributed by atoms with E-state index in [-0.39, 0.29) is 0 Å². The van der Waals surface area contributed by atoms with Crippen LogP contribution in [0.1, 0.15) is 51.9 Å². The van der Waals surface area contributed by atoms with Gasteiger partial charge in [-0.2, -0.15) is 0 Å². The second-order valence-corrected chi connectivity index (χ2v) is 7.41. The van der Waals surface area contributed by atoms with Gasteiger partial charge in [-0.3, -0.25) is 0 Å². The van der Waals surface area contributed by atoms with Gasteiger partial charge < -0.3 is 18.9 Å². The molecule has 0 saturated heterocycles. The molecule has 0 atom stereocenters. The third-order valence-corrected chi connectivity index (χ3v) is 3.15. The minimum absolute atomic E-state index is 0.347. The number of hydrogen-bond acceptors (Lipinski definition) is 5. The number of methoxy groups -OCH3 is 1. The summed E-state index contributed by atoms with van der Waals surface area (Å²) in [4.78, 5) is 12.0. The predicted octanol–water partition coefficient (Wildman–Crippen LogP) is 4.58. The first-order valence-corrected chi connectivity index (χ1v) is 8.89. The second kappa shape index (κ2) is 10.2. The Morgan fingerprint density at radius 1 is 0.800 bits per heavy atom. The molecule has 0 amide bonds. The minimum atomic E-state index is -0.431. The highest BCUT2D eigenvalue weighted by Crippen LogP contribution is 2.40. The van der Waals surface area contributed by atoms with E-state index in [0.29, 0.717) is 60.4 Å². The third-order valence-electron chi connectivity index (χ3n) is 3.15. The van der Waals surface area contributed by atoms with Crippen LogP contribution in [0.4, 0.5) is 0 Å². The first-order chi connectivity index (χ1) is 11.7. The van der Waals surface area contributed by atoms with Gasteiger partial charge in [0.15, 0.2) is 11.5 Å². The molecular formula is C20H32O5. The van der Waals surface area contributed by atoms with Gasteiger partial charge in [0.1, 0.15) is 0 Å². The summed E-state index contributed by atoms with van der Waals surface area (Å²) in [6.07, 6.45) is 0. The van der Waals surface area contributed by atoms with Crippen molar-refractivity contribution in [3.8, 4) is 17.2 Å². The summed E-state index contributed by atoms with van der Waals surface area (Å²) in [6.45, 7) is 14.0. The van der Waals surface area contributed by atoms with Gasteiger partial charge in [0.25, 0.3) is 0 Å². The van der Waals surface area contributed by atoms with Crippen LogP contribution < -0.4 is 14.2 Å². The van der Waals surface area contributed by atoms with Gasteiger partial charge in [0.2, 0.25) is 5.75 Å². The molecule has 0 bridgehead atoms. The molecule has 0 N–H and O–H groups in total. The number of carbonyl (C=O) groups excluding carboxylic acids is 1. The largest absolute Gasteiger partial charge is 0.489 e. The van der Waals surface area contributed by atoms with Gasteiger partial charge in [0.05, 0.1) is 32.5 Å². The fraction of sp³-hybridized carbons (Fsp3) is 0.650. The van der Waals surface area contributed by atoms with Gasteiger partial charge in [-0.1, -0.05) is 41.5 Å². The maximum atomic E-state index is 12.0. The summed E-state index contributed by atoms with van der Waals surface area (Å²) in [5, 5.41) is 0. The van der Waals surface area contributed by atoms with Crippen LogP contribution in [0.3, 0.4) is 0 Å². The number of esters is 1. The monoisotopic (exact) mass is 352 g/mol. The summed E-state index contributed by atoms with van der Waals surface area (Å²) >= 11 is 0. The fourth-order valence-corrected chi connectivity index (χ4v) is 1.93. The molecule has 0 aliphatic carbocycles. The first-order valence-electron chi connectivity index (χ1n) is 8.89. The molecule has 0 spiro atoms. The maximum absolute atomic E-state index is 12.0. The van der Waals surface area contributed by atoms with E-state index in [9.17, 15) is 4.79 Å². The summed E-state index contributed by atoms with van der Waals surface area (Å²) in [5.41, 5.74) is 0.386. The predicted molar refractivity (Wildman–Crippen MR) is 98.8 cm³/mol. The lowest BCUT2D eigenvalue weighted by Crippen LogP contribution is -2.13. The Kier molecular flexibility index (Phi) is 8.59. The van der Waals surface area contributed by atoms with Crippen LogP contribution >= 0.6 is 0 Å². The molecular weight excluding hydrogens is 320 g/mol. The Labute approximate surface area is 151 Å². The summed E-state index contributed by atoms with van der Waals surface area (Å²) in [5.74, 6) is 2.18. The van der Waals surface area contributed by atoms with Crippen LogP contribution in [0.2, 0.25) is 0 Å². The van der Waals surface area contributed by atoms with Crippen molar-refractivity contribution in [3.05, 3.63) is 17.7 Å². The molecule has 0 aromatic heterocycles. The van der Waals surface area contributed by atoms with Gasteiger partial charge in [-0.25, -0.2) is 4.79 Å². The van der Waals surface area contributed by atoms with E-state index in [1.54, 1.807) is 12.1 Å².